The average Bonchev–Trinajstić information content (AvgIpc) is 2.70. The SMILES string of the molecule is O=C(c1ccc(O)c(Cl)c1)N1CCN(Cc2ccc3c(c2)OCCO3)CC1. The zero-order chi connectivity index (χ0) is 18.8. The van der Waals surface area contributed by atoms with Gasteiger partial charge in [0.25, 0.3) is 5.91 Å². The number of carbonyl (C=O) groups is 1. The third-order valence-corrected chi connectivity index (χ3v) is 5.17. The first kappa shape index (κ1) is 17.9. The number of amides is 1. The van der Waals surface area contributed by atoms with Gasteiger partial charge in [-0.05, 0) is 35.9 Å². The first-order valence-corrected chi connectivity index (χ1v) is 9.36. The molecule has 0 aromatic heterocycles. The molecule has 1 fully saturated rings. The highest BCUT2D eigenvalue weighted by atomic mass is 35.5. The maximum atomic E-state index is 12.6. The van der Waals surface area contributed by atoms with Crippen molar-refractivity contribution >= 4 is 17.5 Å². The van der Waals surface area contributed by atoms with Gasteiger partial charge in [0, 0.05) is 38.3 Å². The number of fused-ring (bicyclic) bond motifs is 1. The number of phenols is 1. The number of piperazine rings is 1. The third-order valence-electron chi connectivity index (χ3n) is 4.87. The summed E-state index contributed by atoms with van der Waals surface area (Å²) >= 11 is 5.91. The van der Waals surface area contributed by atoms with Crippen molar-refractivity contribution in [1.29, 1.82) is 0 Å². The Labute approximate surface area is 162 Å². The lowest BCUT2D eigenvalue weighted by atomic mass is 10.1. The van der Waals surface area contributed by atoms with Crippen molar-refractivity contribution in [1.82, 2.24) is 9.80 Å². The van der Waals surface area contributed by atoms with E-state index < -0.39 is 0 Å². The fourth-order valence-electron chi connectivity index (χ4n) is 3.38. The molecule has 0 saturated carbocycles. The van der Waals surface area contributed by atoms with Crippen LogP contribution in [-0.4, -0.2) is 60.2 Å². The number of rotatable bonds is 3. The largest absolute Gasteiger partial charge is 0.506 e. The molecule has 0 spiro atoms. The van der Waals surface area contributed by atoms with E-state index in [0.29, 0.717) is 31.9 Å². The van der Waals surface area contributed by atoms with E-state index in [0.717, 1.165) is 31.1 Å². The van der Waals surface area contributed by atoms with E-state index in [1.165, 1.54) is 17.7 Å². The van der Waals surface area contributed by atoms with E-state index in [2.05, 4.69) is 11.0 Å². The van der Waals surface area contributed by atoms with E-state index in [-0.39, 0.29) is 16.7 Å². The van der Waals surface area contributed by atoms with Gasteiger partial charge in [0.2, 0.25) is 0 Å². The maximum absolute atomic E-state index is 12.6. The molecule has 0 aliphatic carbocycles. The third kappa shape index (κ3) is 3.96. The highest BCUT2D eigenvalue weighted by molar-refractivity contribution is 6.32. The number of aromatic hydroxyl groups is 1. The second-order valence-electron chi connectivity index (χ2n) is 6.71. The molecular formula is C20H21ClN2O4. The summed E-state index contributed by atoms with van der Waals surface area (Å²) in [6, 6.07) is 10.6. The molecule has 2 aliphatic heterocycles. The molecule has 7 heteroatoms. The highest BCUT2D eigenvalue weighted by Crippen LogP contribution is 2.31. The van der Waals surface area contributed by atoms with Gasteiger partial charge in [0.1, 0.15) is 19.0 Å². The molecule has 1 saturated heterocycles. The lowest BCUT2D eigenvalue weighted by Gasteiger charge is -2.35. The summed E-state index contributed by atoms with van der Waals surface area (Å²) in [6.45, 7) is 4.89. The molecule has 0 atom stereocenters. The van der Waals surface area contributed by atoms with Crippen LogP contribution in [0.2, 0.25) is 5.02 Å². The number of hydrogen-bond donors (Lipinski definition) is 1. The summed E-state index contributed by atoms with van der Waals surface area (Å²) in [7, 11) is 0. The van der Waals surface area contributed by atoms with Crippen LogP contribution in [0.1, 0.15) is 15.9 Å². The zero-order valence-corrected chi connectivity index (χ0v) is 15.6. The topological polar surface area (TPSA) is 62.2 Å². The van der Waals surface area contributed by atoms with Crippen molar-refractivity contribution in [3.8, 4) is 17.2 Å². The van der Waals surface area contributed by atoms with E-state index in [1.54, 1.807) is 6.07 Å². The molecular weight excluding hydrogens is 368 g/mol. The molecule has 4 rings (SSSR count). The van der Waals surface area contributed by atoms with Crippen molar-refractivity contribution in [3.05, 3.63) is 52.5 Å². The van der Waals surface area contributed by atoms with Crippen LogP contribution in [0.4, 0.5) is 0 Å². The second-order valence-corrected chi connectivity index (χ2v) is 7.12. The number of benzene rings is 2. The number of nitrogens with zero attached hydrogens (tertiary/aromatic N) is 2. The fraction of sp³-hybridized carbons (Fsp3) is 0.350. The molecule has 2 aliphatic rings. The average molecular weight is 389 g/mol. The molecule has 1 N–H and O–H groups in total. The summed E-state index contributed by atoms with van der Waals surface area (Å²) in [4.78, 5) is 16.8. The van der Waals surface area contributed by atoms with Gasteiger partial charge in [-0.25, -0.2) is 0 Å². The fourth-order valence-corrected chi connectivity index (χ4v) is 3.56. The van der Waals surface area contributed by atoms with Gasteiger partial charge in [0.15, 0.2) is 11.5 Å². The molecule has 1 amide bonds. The van der Waals surface area contributed by atoms with Crippen LogP contribution in [0.25, 0.3) is 0 Å². The van der Waals surface area contributed by atoms with Crippen LogP contribution in [-0.2, 0) is 6.54 Å². The summed E-state index contributed by atoms with van der Waals surface area (Å²) in [5.74, 6) is 1.53. The minimum absolute atomic E-state index is 0.0162. The van der Waals surface area contributed by atoms with Crippen molar-refractivity contribution in [3.63, 3.8) is 0 Å². The monoisotopic (exact) mass is 388 g/mol. The van der Waals surface area contributed by atoms with Gasteiger partial charge in [-0.2, -0.15) is 0 Å². The van der Waals surface area contributed by atoms with Crippen molar-refractivity contribution < 1.29 is 19.4 Å². The molecule has 6 nitrogen and oxygen atoms in total. The molecule has 0 radical (unpaired) electrons. The minimum Gasteiger partial charge on any atom is -0.506 e. The molecule has 0 unspecified atom stereocenters. The zero-order valence-electron chi connectivity index (χ0n) is 14.9. The van der Waals surface area contributed by atoms with Crippen LogP contribution in [0, 0.1) is 0 Å². The second kappa shape index (κ2) is 7.66. The van der Waals surface area contributed by atoms with Gasteiger partial charge in [-0.3, -0.25) is 9.69 Å². The predicted molar refractivity (Wildman–Crippen MR) is 102 cm³/mol. The van der Waals surface area contributed by atoms with Crippen LogP contribution < -0.4 is 9.47 Å². The Balaban J connectivity index is 1.34. The van der Waals surface area contributed by atoms with Crippen molar-refractivity contribution in [2.75, 3.05) is 39.4 Å². The van der Waals surface area contributed by atoms with Crippen LogP contribution in [0.15, 0.2) is 36.4 Å². The van der Waals surface area contributed by atoms with Gasteiger partial charge in [-0.1, -0.05) is 17.7 Å². The Bertz CT molecular complexity index is 850. The smallest absolute Gasteiger partial charge is 0.253 e. The Kier molecular flexibility index (Phi) is 5.09. The standard InChI is InChI=1S/C20H21ClN2O4/c21-16-12-15(2-3-17(16)24)20(25)23-7-5-22(6-8-23)13-14-1-4-18-19(11-14)27-10-9-26-18/h1-4,11-12,24H,5-10,13H2. The van der Waals surface area contributed by atoms with E-state index >= 15 is 0 Å². The summed E-state index contributed by atoms with van der Waals surface area (Å²) in [6.07, 6.45) is 0. The number of carbonyl (C=O) groups excluding carboxylic acids is 1. The molecule has 2 aromatic carbocycles. The van der Waals surface area contributed by atoms with Gasteiger partial charge < -0.3 is 19.5 Å². The minimum atomic E-state index is -0.0594. The first-order valence-electron chi connectivity index (χ1n) is 8.99. The highest BCUT2D eigenvalue weighted by Gasteiger charge is 2.23. The molecule has 0 bridgehead atoms. The first-order chi connectivity index (χ1) is 13.1. The van der Waals surface area contributed by atoms with Crippen LogP contribution in [0.3, 0.4) is 0 Å². The number of halogens is 1. The van der Waals surface area contributed by atoms with Gasteiger partial charge >= 0.3 is 0 Å². The van der Waals surface area contributed by atoms with Crippen LogP contribution >= 0.6 is 11.6 Å². The molecule has 2 heterocycles. The summed E-state index contributed by atoms with van der Waals surface area (Å²) in [5.41, 5.74) is 1.67. The Morgan fingerprint density at radius 2 is 1.74 bits per heavy atom. The van der Waals surface area contributed by atoms with Gasteiger partial charge in [-0.15, -0.1) is 0 Å². The van der Waals surface area contributed by atoms with E-state index in [1.807, 2.05) is 17.0 Å². The maximum Gasteiger partial charge on any atom is 0.253 e. The van der Waals surface area contributed by atoms with E-state index in [9.17, 15) is 9.90 Å². The predicted octanol–water partition coefficient (Wildman–Crippen LogP) is 2.77. The van der Waals surface area contributed by atoms with Crippen LogP contribution in [0.5, 0.6) is 17.2 Å². The Hall–Kier alpha value is -2.44. The Morgan fingerprint density at radius 3 is 2.48 bits per heavy atom. The van der Waals surface area contributed by atoms with E-state index in [4.69, 9.17) is 21.1 Å². The van der Waals surface area contributed by atoms with Crippen molar-refractivity contribution in [2.45, 2.75) is 6.54 Å². The lowest BCUT2D eigenvalue weighted by molar-refractivity contribution is 0.0628. The van der Waals surface area contributed by atoms with Gasteiger partial charge in [0.05, 0.1) is 5.02 Å². The summed E-state index contributed by atoms with van der Waals surface area (Å²) in [5, 5.41) is 9.70. The molecule has 27 heavy (non-hydrogen) atoms. The lowest BCUT2D eigenvalue weighted by Crippen LogP contribution is -2.48. The number of hydrogen-bond acceptors (Lipinski definition) is 5. The molecule has 142 valence electrons. The molecule has 2 aromatic rings. The quantitative estimate of drug-likeness (QED) is 0.876. The Morgan fingerprint density at radius 1 is 1.00 bits per heavy atom. The van der Waals surface area contributed by atoms with Crippen molar-refractivity contribution in [2.24, 2.45) is 0 Å². The summed E-state index contributed by atoms with van der Waals surface area (Å²) < 4.78 is 11.2. The number of ether oxygens (including phenoxy) is 2. The normalized spacial score (nSPS) is 17.0. The number of phenolic OH excluding ortho intramolecular Hbond substituents is 1.